The zero-order chi connectivity index (χ0) is 22.0. The highest BCUT2D eigenvalue weighted by Crippen LogP contribution is 2.70. The summed E-state index contributed by atoms with van der Waals surface area (Å²) in [5.41, 5.74) is 0.456. The third kappa shape index (κ3) is 3.18. The number of fused-ring (bicyclic) bond motifs is 5. The number of rotatable bonds is 3. The molecule has 5 nitrogen and oxygen atoms in total. The number of halogens is 1. The molecule has 1 heterocycles. The molecule has 172 valence electrons. The van der Waals surface area contributed by atoms with Crippen LogP contribution < -0.4 is 0 Å². The van der Waals surface area contributed by atoms with Crippen LogP contribution >= 0.6 is 15.9 Å². The van der Waals surface area contributed by atoms with Crippen LogP contribution in [0.2, 0.25) is 0 Å². The van der Waals surface area contributed by atoms with Gasteiger partial charge in [0.15, 0.2) is 0 Å². The lowest BCUT2D eigenvalue weighted by Gasteiger charge is -2.63. The molecule has 8 atom stereocenters. The summed E-state index contributed by atoms with van der Waals surface area (Å²) in [6.45, 7) is 5.12. The number of hydrogen-bond acceptors (Lipinski definition) is 5. The van der Waals surface area contributed by atoms with Gasteiger partial charge in [0.25, 0.3) is 0 Å². The van der Waals surface area contributed by atoms with Crippen LogP contribution in [-0.2, 0) is 19.1 Å². The quantitative estimate of drug-likeness (QED) is 0.460. The van der Waals surface area contributed by atoms with Crippen LogP contribution in [0, 0.1) is 34.5 Å². The standard InChI is InChI=1S/C25H35BrO5/c1-23-8-5-17(31-22(28)13-26)12-16(23)3-4-20-19(23)6-9-24(2)18(7-10-25(20,24)29)15-11-21(27)30-14-15/h11,16-20,29H,3-10,12-14H2,1-2H3/t16-,17-,18-,19-,20+,23-,24+,25-/m0/s1. The summed E-state index contributed by atoms with van der Waals surface area (Å²) in [5.74, 6) is 1.25. The van der Waals surface area contributed by atoms with Crippen molar-refractivity contribution >= 4 is 27.9 Å². The molecular formula is C25H35BrO5. The highest BCUT2D eigenvalue weighted by Gasteiger charge is 2.67. The first-order valence-corrected chi connectivity index (χ1v) is 13.2. The van der Waals surface area contributed by atoms with Crippen molar-refractivity contribution in [2.24, 2.45) is 34.5 Å². The maximum atomic E-state index is 12.2. The molecule has 6 heteroatoms. The van der Waals surface area contributed by atoms with Crippen molar-refractivity contribution in [3.8, 4) is 0 Å². The zero-order valence-corrected chi connectivity index (χ0v) is 20.3. The van der Waals surface area contributed by atoms with Gasteiger partial charge in [0, 0.05) is 11.5 Å². The molecule has 0 radical (unpaired) electrons. The largest absolute Gasteiger partial charge is 0.462 e. The average molecular weight is 495 g/mol. The second kappa shape index (κ2) is 7.58. The molecule has 1 aliphatic heterocycles. The third-order valence-corrected chi connectivity index (χ3v) is 10.8. The molecule has 0 aromatic heterocycles. The smallest absolute Gasteiger partial charge is 0.331 e. The fourth-order valence-electron chi connectivity index (χ4n) is 8.69. The summed E-state index contributed by atoms with van der Waals surface area (Å²) in [6, 6.07) is 0. The van der Waals surface area contributed by atoms with E-state index in [9.17, 15) is 14.7 Å². The summed E-state index contributed by atoms with van der Waals surface area (Å²) < 4.78 is 10.9. The maximum Gasteiger partial charge on any atom is 0.331 e. The van der Waals surface area contributed by atoms with Crippen molar-refractivity contribution in [2.45, 2.75) is 83.3 Å². The number of alkyl halides is 1. The van der Waals surface area contributed by atoms with Crippen molar-refractivity contribution in [2.75, 3.05) is 11.9 Å². The van der Waals surface area contributed by atoms with E-state index in [1.54, 1.807) is 6.08 Å². The first kappa shape index (κ1) is 21.9. The van der Waals surface area contributed by atoms with Crippen molar-refractivity contribution in [1.82, 2.24) is 0 Å². The Morgan fingerprint density at radius 3 is 2.68 bits per heavy atom. The molecule has 0 bridgehead atoms. The Morgan fingerprint density at radius 2 is 1.97 bits per heavy atom. The number of cyclic esters (lactones) is 1. The molecule has 4 saturated carbocycles. The van der Waals surface area contributed by atoms with E-state index in [4.69, 9.17) is 9.47 Å². The van der Waals surface area contributed by atoms with Crippen molar-refractivity contribution in [3.05, 3.63) is 11.6 Å². The van der Waals surface area contributed by atoms with E-state index in [0.29, 0.717) is 24.4 Å². The molecule has 1 N–H and O–H groups in total. The molecule has 4 aliphatic carbocycles. The van der Waals surface area contributed by atoms with E-state index < -0.39 is 5.60 Å². The molecule has 5 rings (SSSR count). The molecule has 5 aliphatic rings. The number of aliphatic hydroxyl groups is 1. The SMILES string of the molecule is C[C@]12CC[C@H](OC(=O)CBr)C[C@@H]1CC[C@@H]1[C@@H]2CC[C@]2(C)[C@H](C3=CC(=O)OC3)CC[C@]12O. The minimum atomic E-state index is -0.666. The van der Waals surface area contributed by atoms with Gasteiger partial charge < -0.3 is 14.6 Å². The van der Waals surface area contributed by atoms with Crippen molar-refractivity contribution in [3.63, 3.8) is 0 Å². The lowest BCUT2D eigenvalue weighted by atomic mass is 9.43. The van der Waals surface area contributed by atoms with Gasteiger partial charge in [0.05, 0.1) is 5.60 Å². The molecule has 4 fully saturated rings. The van der Waals surface area contributed by atoms with Gasteiger partial charge in [-0.25, -0.2) is 4.79 Å². The summed E-state index contributed by atoms with van der Waals surface area (Å²) in [4.78, 5) is 23.5. The second-order valence-corrected chi connectivity index (χ2v) is 11.9. The van der Waals surface area contributed by atoms with E-state index in [-0.39, 0.29) is 40.1 Å². The van der Waals surface area contributed by atoms with Gasteiger partial charge in [-0.3, -0.25) is 4.79 Å². The highest BCUT2D eigenvalue weighted by atomic mass is 79.9. The summed E-state index contributed by atoms with van der Waals surface area (Å²) in [6.07, 6.45) is 10.8. The molecule has 0 saturated heterocycles. The van der Waals surface area contributed by atoms with Crippen molar-refractivity contribution < 1.29 is 24.2 Å². The van der Waals surface area contributed by atoms with Gasteiger partial charge in [-0.15, -0.1) is 0 Å². The van der Waals surface area contributed by atoms with Crippen LogP contribution in [0.5, 0.6) is 0 Å². The van der Waals surface area contributed by atoms with Gasteiger partial charge >= 0.3 is 11.9 Å². The Hall–Kier alpha value is -0.880. The first-order chi connectivity index (χ1) is 14.7. The van der Waals surface area contributed by atoms with Crippen LogP contribution in [0.25, 0.3) is 0 Å². The number of hydrogen-bond donors (Lipinski definition) is 1. The van der Waals surface area contributed by atoms with Gasteiger partial charge in [0.2, 0.25) is 0 Å². The monoisotopic (exact) mass is 494 g/mol. The number of carbonyl (C=O) groups is 2. The Morgan fingerprint density at radius 1 is 1.16 bits per heavy atom. The average Bonchev–Trinajstić information content (AvgIpc) is 3.28. The Balaban J connectivity index is 1.37. The lowest BCUT2D eigenvalue weighted by molar-refractivity contribution is -0.209. The van der Waals surface area contributed by atoms with E-state index in [1.165, 1.54) is 0 Å². The van der Waals surface area contributed by atoms with Crippen molar-refractivity contribution in [1.29, 1.82) is 0 Å². The summed E-state index contributed by atoms with van der Waals surface area (Å²) in [5, 5.41) is 12.5. The number of carbonyl (C=O) groups excluding carboxylic acids is 2. The fourth-order valence-corrected chi connectivity index (χ4v) is 8.83. The summed E-state index contributed by atoms with van der Waals surface area (Å²) in [7, 11) is 0. The van der Waals surface area contributed by atoms with Crippen LogP contribution in [0.4, 0.5) is 0 Å². The minimum absolute atomic E-state index is 0.0410. The minimum Gasteiger partial charge on any atom is -0.462 e. The Labute approximate surface area is 193 Å². The first-order valence-electron chi connectivity index (χ1n) is 12.1. The molecular weight excluding hydrogens is 460 g/mol. The van der Waals surface area contributed by atoms with Gasteiger partial charge in [-0.2, -0.15) is 0 Å². The maximum absolute atomic E-state index is 12.2. The van der Waals surface area contributed by atoms with Crippen LogP contribution in [-0.4, -0.2) is 40.7 Å². The molecule has 0 amide bonds. The predicted molar refractivity (Wildman–Crippen MR) is 119 cm³/mol. The highest BCUT2D eigenvalue weighted by molar-refractivity contribution is 9.09. The van der Waals surface area contributed by atoms with Crippen LogP contribution in [0.1, 0.15) is 71.6 Å². The molecule has 0 spiro atoms. The second-order valence-electron chi connectivity index (χ2n) is 11.3. The molecule has 0 unspecified atom stereocenters. The van der Waals surface area contributed by atoms with Gasteiger partial charge in [-0.1, -0.05) is 29.8 Å². The molecule has 0 aromatic carbocycles. The Bertz CT molecular complexity index is 810. The van der Waals surface area contributed by atoms with E-state index in [2.05, 4.69) is 29.8 Å². The fraction of sp³-hybridized carbons (Fsp3) is 0.840. The van der Waals surface area contributed by atoms with Gasteiger partial charge in [0.1, 0.15) is 18.0 Å². The van der Waals surface area contributed by atoms with E-state index in [0.717, 1.165) is 63.4 Å². The molecule has 31 heavy (non-hydrogen) atoms. The lowest BCUT2D eigenvalue weighted by Crippen LogP contribution is -2.62. The topological polar surface area (TPSA) is 72.8 Å². The third-order valence-electron chi connectivity index (χ3n) is 10.3. The van der Waals surface area contributed by atoms with E-state index in [1.807, 2.05) is 0 Å². The number of esters is 2. The zero-order valence-electron chi connectivity index (χ0n) is 18.7. The summed E-state index contributed by atoms with van der Waals surface area (Å²) >= 11 is 3.20. The predicted octanol–water partition coefficient (Wildman–Crippen LogP) is 4.55. The number of ether oxygens (including phenoxy) is 2. The molecule has 0 aromatic rings. The van der Waals surface area contributed by atoms with Crippen LogP contribution in [0.15, 0.2) is 11.6 Å². The Kier molecular flexibility index (Phi) is 5.36. The normalized spacial score (nSPS) is 48.8. The van der Waals surface area contributed by atoms with Gasteiger partial charge in [-0.05, 0) is 92.4 Å². The van der Waals surface area contributed by atoms with Crippen LogP contribution in [0.3, 0.4) is 0 Å². The van der Waals surface area contributed by atoms with E-state index >= 15 is 0 Å².